The summed E-state index contributed by atoms with van der Waals surface area (Å²) >= 11 is 0. The highest BCUT2D eigenvalue weighted by Crippen LogP contribution is 2.13. The van der Waals surface area contributed by atoms with Crippen LogP contribution in [0.25, 0.3) is 10.4 Å². The molecule has 1 aliphatic rings. The molecule has 1 saturated heterocycles. The van der Waals surface area contributed by atoms with Crippen LogP contribution in [0.3, 0.4) is 0 Å². The highest BCUT2D eigenvalue weighted by atomic mass is 16.6. The summed E-state index contributed by atoms with van der Waals surface area (Å²) in [7, 11) is 0. The zero-order chi connectivity index (χ0) is 16.4. The number of ether oxygens (including phenoxy) is 2. The first-order chi connectivity index (χ1) is 10.4. The number of carbonyl (C=O) groups is 1. The number of carbonyl (C=O) groups excluding carboxylic acids is 1. The summed E-state index contributed by atoms with van der Waals surface area (Å²) in [6.45, 7) is 9.74. The number of alkyl carbamates (subject to hydrolysis) is 1. The van der Waals surface area contributed by atoms with E-state index in [0.717, 1.165) is 32.5 Å². The Labute approximate surface area is 131 Å². The summed E-state index contributed by atoms with van der Waals surface area (Å²) in [5, 5.41) is 6.40. The lowest BCUT2D eigenvalue weighted by atomic mass is 10.1. The van der Waals surface area contributed by atoms with E-state index in [1.54, 1.807) is 0 Å². The van der Waals surface area contributed by atoms with Crippen LogP contribution < -0.4 is 5.32 Å². The second kappa shape index (κ2) is 9.50. The lowest BCUT2D eigenvalue weighted by molar-refractivity contribution is 0.0487. The molecule has 8 nitrogen and oxygen atoms in total. The third kappa shape index (κ3) is 8.71. The first kappa shape index (κ1) is 18.5. The molecule has 0 aliphatic carbocycles. The Kier molecular flexibility index (Phi) is 8.01. The molecule has 0 atom stereocenters. The van der Waals surface area contributed by atoms with Crippen molar-refractivity contribution < 1.29 is 14.3 Å². The zero-order valence-corrected chi connectivity index (χ0v) is 13.7. The molecule has 0 radical (unpaired) electrons. The minimum Gasteiger partial charge on any atom is -0.444 e. The van der Waals surface area contributed by atoms with Crippen molar-refractivity contribution in [2.75, 3.05) is 39.4 Å². The lowest BCUT2D eigenvalue weighted by Crippen LogP contribution is -2.38. The summed E-state index contributed by atoms with van der Waals surface area (Å²) < 4.78 is 10.6. The molecule has 1 amide bonds. The highest BCUT2D eigenvalue weighted by molar-refractivity contribution is 5.67. The van der Waals surface area contributed by atoms with Gasteiger partial charge in [-0.15, -0.1) is 0 Å². The molecule has 0 aromatic carbocycles. The number of nitrogens with one attached hydrogen (secondary N) is 1. The van der Waals surface area contributed by atoms with E-state index in [0.29, 0.717) is 19.8 Å². The minimum atomic E-state index is -0.480. The molecule has 0 aromatic heterocycles. The van der Waals surface area contributed by atoms with Gasteiger partial charge >= 0.3 is 6.09 Å². The zero-order valence-electron chi connectivity index (χ0n) is 13.7. The number of hydrogen-bond acceptors (Lipinski definition) is 5. The number of piperidine rings is 1. The molecule has 126 valence electrons. The smallest absolute Gasteiger partial charge is 0.407 e. The first-order valence-electron chi connectivity index (χ1n) is 7.72. The van der Waals surface area contributed by atoms with Crippen molar-refractivity contribution in [1.82, 2.24) is 10.2 Å². The Bertz CT molecular complexity index is 382. The van der Waals surface area contributed by atoms with Crippen LogP contribution in [-0.2, 0) is 9.47 Å². The van der Waals surface area contributed by atoms with E-state index >= 15 is 0 Å². The van der Waals surface area contributed by atoms with E-state index in [-0.39, 0.29) is 6.04 Å². The van der Waals surface area contributed by atoms with Crippen LogP contribution in [0.5, 0.6) is 0 Å². The second-order valence-corrected chi connectivity index (χ2v) is 6.32. The lowest BCUT2D eigenvalue weighted by Gasteiger charge is -2.29. The Balaban J connectivity index is 1.98. The van der Waals surface area contributed by atoms with Crippen molar-refractivity contribution in [1.29, 1.82) is 0 Å². The molecule has 8 heteroatoms. The monoisotopic (exact) mass is 313 g/mol. The Morgan fingerprint density at radius 1 is 1.36 bits per heavy atom. The Hall–Kier alpha value is -1.50. The largest absolute Gasteiger partial charge is 0.444 e. The number of nitrogens with zero attached hydrogens (tertiary/aromatic N) is 4. The van der Waals surface area contributed by atoms with Crippen LogP contribution in [0, 0.1) is 0 Å². The molecular formula is C14H27N5O3. The van der Waals surface area contributed by atoms with Crippen molar-refractivity contribution in [3.8, 4) is 0 Å². The average Bonchev–Trinajstić information content (AvgIpc) is 2.43. The van der Waals surface area contributed by atoms with Gasteiger partial charge in [-0.2, -0.15) is 0 Å². The van der Waals surface area contributed by atoms with E-state index < -0.39 is 11.7 Å². The fourth-order valence-electron chi connectivity index (χ4n) is 2.17. The molecule has 1 rings (SSSR count). The molecule has 0 spiro atoms. The molecule has 0 aromatic rings. The molecular weight excluding hydrogens is 286 g/mol. The Morgan fingerprint density at radius 3 is 2.64 bits per heavy atom. The van der Waals surface area contributed by atoms with E-state index in [1.807, 2.05) is 20.8 Å². The molecule has 22 heavy (non-hydrogen) atoms. The predicted octanol–water partition coefficient (Wildman–Crippen LogP) is 2.30. The third-order valence-corrected chi connectivity index (χ3v) is 3.24. The van der Waals surface area contributed by atoms with Gasteiger partial charge in [-0.05, 0) is 52.2 Å². The summed E-state index contributed by atoms with van der Waals surface area (Å²) in [5.41, 5.74) is 7.92. The van der Waals surface area contributed by atoms with Crippen LogP contribution in [-0.4, -0.2) is 62.0 Å². The van der Waals surface area contributed by atoms with Crippen LogP contribution in [0.2, 0.25) is 0 Å². The first-order valence-corrected chi connectivity index (χ1v) is 7.72. The number of likely N-dealkylation sites (tertiary alicyclic amines) is 1. The maximum absolute atomic E-state index is 11.4. The van der Waals surface area contributed by atoms with Gasteiger partial charge in [-0.25, -0.2) is 4.79 Å². The van der Waals surface area contributed by atoms with Crippen molar-refractivity contribution >= 4 is 6.09 Å². The van der Waals surface area contributed by atoms with Gasteiger partial charge < -0.3 is 19.7 Å². The third-order valence-electron chi connectivity index (χ3n) is 3.24. The van der Waals surface area contributed by atoms with E-state index in [9.17, 15) is 4.79 Å². The highest BCUT2D eigenvalue weighted by Gasteiger charge is 2.17. The summed E-state index contributed by atoms with van der Waals surface area (Å²) in [5.74, 6) is 0. The molecule has 1 fully saturated rings. The van der Waals surface area contributed by atoms with Crippen LogP contribution >= 0.6 is 0 Å². The maximum atomic E-state index is 11.4. The number of amides is 1. The van der Waals surface area contributed by atoms with Crippen molar-refractivity contribution in [2.45, 2.75) is 45.3 Å². The van der Waals surface area contributed by atoms with Crippen LogP contribution in [0.15, 0.2) is 5.11 Å². The molecule has 1 aliphatic heterocycles. The van der Waals surface area contributed by atoms with Gasteiger partial charge in [0.15, 0.2) is 0 Å². The van der Waals surface area contributed by atoms with E-state index in [2.05, 4.69) is 20.2 Å². The molecule has 0 bridgehead atoms. The number of rotatable bonds is 7. The van der Waals surface area contributed by atoms with E-state index in [4.69, 9.17) is 15.0 Å². The van der Waals surface area contributed by atoms with Crippen molar-refractivity contribution in [3.05, 3.63) is 10.4 Å². The molecule has 0 saturated carbocycles. The Morgan fingerprint density at radius 2 is 2.05 bits per heavy atom. The fourth-order valence-corrected chi connectivity index (χ4v) is 2.17. The summed E-state index contributed by atoms with van der Waals surface area (Å²) in [6, 6.07) is 0.139. The van der Waals surface area contributed by atoms with Gasteiger partial charge in [0.2, 0.25) is 0 Å². The van der Waals surface area contributed by atoms with Gasteiger partial charge in [-0.1, -0.05) is 5.11 Å². The molecule has 1 N–H and O–H groups in total. The second-order valence-electron chi connectivity index (χ2n) is 6.32. The topological polar surface area (TPSA) is 99.6 Å². The van der Waals surface area contributed by atoms with Crippen LogP contribution in [0.4, 0.5) is 4.79 Å². The fraction of sp³-hybridized carbons (Fsp3) is 0.929. The van der Waals surface area contributed by atoms with Crippen molar-refractivity contribution in [3.63, 3.8) is 0 Å². The summed E-state index contributed by atoms with van der Waals surface area (Å²) in [6.07, 6.45) is 1.39. The molecule has 1 heterocycles. The minimum absolute atomic E-state index is 0.139. The number of hydrogen-bond donors (Lipinski definition) is 1. The number of azide groups is 1. The maximum Gasteiger partial charge on any atom is 0.407 e. The van der Waals surface area contributed by atoms with Gasteiger partial charge in [0.05, 0.1) is 13.2 Å². The van der Waals surface area contributed by atoms with Crippen molar-refractivity contribution in [2.24, 2.45) is 5.11 Å². The normalized spacial score (nSPS) is 16.9. The molecule has 0 unspecified atom stereocenters. The van der Waals surface area contributed by atoms with Gasteiger partial charge in [0, 0.05) is 24.0 Å². The standard InChI is InChI=1S/C14H27N5O3/c1-14(2,3)22-13(20)16-6-10-21-11-9-19-7-4-12(5-8-19)17-18-15/h12H,4-11H2,1-3H3,(H,16,20). The van der Waals surface area contributed by atoms with Crippen LogP contribution in [0.1, 0.15) is 33.6 Å². The average molecular weight is 313 g/mol. The van der Waals surface area contributed by atoms with Gasteiger partial charge in [-0.3, -0.25) is 0 Å². The predicted molar refractivity (Wildman–Crippen MR) is 83.7 cm³/mol. The SMILES string of the molecule is CC(C)(C)OC(=O)NCCOCCN1CCC(N=[N+]=[N-])CC1. The quantitative estimate of drug-likeness (QED) is 0.337. The van der Waals surface area contributed by atoms with E-state index in [1.165, 1.54) is 0 Å². The van der Waals surface area contributed by atoms with Gasteiger partial charge in [0.25, 0.3) is 0 Å². The van der Waals surface area contributed by atoms with Gasteiger partial charge in [0.1, 0.15) is 5.60 Å². The summed E-state index contributed by atoms with van der Waals surface area (Å²) in [4.78, 5) is 16.5.